The minimum Gasteiger partial charge on any atom is -0.494 e. The van der Waals surface area contributed by atoms with Gasteiger partial charge in [0.15, 0.2) is 11.6 Å². The molecule has 11 heteroatoms. The summed E-state index contributed by atoms with van der Waals surface area (Å²) in [4.78, 5) is 22.4. The van der Waals surface area contributed by atoms with Crippen molar-refractivity contribution in [2.75, 3.05) is 19.8 Å². The quantitative estimate of drug-likeness (QED) is 0.0864. The smallest absolute Gasteiger partial charge is 0.252 e. The number of halogens is 2. The largest absolute Gasteiger partial charge is 0.494 e. The number of aliphatic hydroxyl groups excluding tert-OH is 1. The molecule has 0 saturated heterocycles. The number of ether oxygens (including phenoxy) is 2. The van der Waals surface area contributed by atoms with Gasteiger partial charge in [-0.2, -0.15) is 0 Å². The first kappa shape index (κ1) is 33.1. The summed E-state index contributed by atoms with van der Waals surface area (Å²) in [6.45, 7) is 7.34. The van der Waals surface area contributed by atoms with Crippen LogP contribution in [0.4, 0.5) is 0 Å². The van der Waals surface area contributed by atoms with Crippen LogP contribution in [0.3, 0.4) is 0 Å². The van der Waals surface area contributed by atoms with Gasteiger partial charge in [-0.25, -0.2) is 4.99 Å². The Morgan fingerprint density at radius 3 is 2.52 bits per heavy atom. The molecule has 1 aliphatic heterocycles. The molecule has 1 amide bonds. The second-order valence-corrected chi connectivity index (χ2v) is 12.7. The number of nitrogens with one attached hydrogen (secondary N) is 1. The van der Waals surface area contributed by atoms with E-state index in [9.17, 15) is 4.79 Å². The van der Waals surface area contributed by atoms with Gasteiger partial charge in [-0.1, -0.05) is 79.4 Å². The predicted octanol–water partition coefficient (Wildman–Crippen LogP) is 7.62. The number of hydrogen-bond donors (Lipinski definition) is 2. The van der Waals surface area contributed by atoms with E-state index in [4.69, 9.17) is 48.3 Å². The lowest BCUT2D eigenvalue weighted by atomic mass is 9.80. The molecular formula is C33H37Cl2N5O4. The fourth-order valence-electron chi connectivity index (χ4n) is 4.96. The highest BCUT2D eigenvalue weighted by atomic mass is 35.5. The van der Waals surface area contributed by atoms with Crippen LogP contribution in [0.15, 0.2) is 76.8 Å². The van der Waals surface area contributed by atoms with Gasteiger partial charge in [0.1, 0.15) is 5.75 Å². The Morgan fingerprint density at radius 2 is 1.86 bits per heavy atom. The van der Waals surface area contributed by atoms with Crippen LogP contribution < -0.4 is 10.1 Å². The average Bonchev–Trinajstić information content (AvgIpc) is 3.36. The number of rotatable bonds is 13. The summed E-state index contributed by atoms with van der Waals surface area (Å²) < 4.78 is 12.3. The number of carbonyl (C=O) groups is 1. The van der Waals surface area contributed by atoms with Gasteiger partial charge in [0.2, 0.25) is 5.90 Å². The van der Waals surface area contributed by atoms with Crippen LogP contribution >= 0.6 is 23.2 Å². The van der Waals surface area contributed by atoms with Crippen LogP contribution in [0.2, 0.25) is 10.0 Å². The summed E-state index contributed by atoms with van der Waals surface area (Å²) in [6, 6.07) is 19.8. The summed E-state index contributed by atoms with van der Waals surface area (Å²) in [5.74, 6) is 0.605. The number of hydrogen-bond acceptors (Lipinski definition) is 6. The van der Waals surface area contributed by atoms with E-state index in [1.807, 2.05) is 36.4 Å². The Hall–Kier alpha value is -3.75. The zero-order valence-electron chi connectivity index (χ0n) is 25.1. The van der Waals surface area contributed by atoms with E-state index in [0.29, 0.717) is 46.5 Å². The predicted molar refractivity (Wildman–Crippen MR) is 173 cm³/mol. The average molecular weight is 639 g/mol. The molecule has 0 aromatic heterocycles. The first-order chi connectivity index (χ1) is 21.1. The van der Waals surface area contributed by atoms with Crippen molar-refractivity contribution in [1.82, 2.24) is 5.32 Å². The molecule has 1 aliphatic rings. The molecule has 9 nitrogen and oxygen atoms in total. The lowest BCUT2D eigenvalue weighted by Crippen LogP contribution is -2.50. The molecule has 0 unspecified atom stereocenters. The second-order valence-electron chi connectivity index (χ2n) is 11.9. The molecule has 0 spiro atoms. The molecule has 0 radical (unpaired) electrons. The van der Waals surface area contributed by atoms with Gasteiger partial charge in [0, 0.05) is 52.1 Å². The number of aliphatic imine (C=N–C) groups is 1. The van der Waals surface area contributed by atoms with Crippen molar-refractivity contribution in [3.8, 4) is 5.75 Å². The molecule has 0 saturated carbocycles. The third kappa shape index (κ3) is 8.24. The minimum atomic E-state index is -1.46. The number of benzene rings is 3. The van der Waals surface area contributed by atoms with Crippen molar-refractivity contribution in [1.29, 1.82) is 0 Å². The monoisotopic (exact) mass is 637 g/mol. The van der Waals surface area contributed by atoms with Crippen molar-refractivity contribution in [3.05, 3.63) is 109 Å². The van der Waals surface area contributed by atoms with Gasteiger partial charge >= 0.3 is 0 Å². The first-order valence-electron chi connectivity index (χ1n) is 14.5. The second kappa shape index (κ2) is 14.8. The molecule has 1 heterocycles. The maximum absolute atomic E-state index is 14.4. The highest BCUT2D eigenvalue weighted by molar-refractivity contribution is 6.35. The van der Waals surface area contributed by atoms with Gasteiger partial charge in [0.05, 0.1) is 13.2 Å². The highest BCUT2D eigenvalue weighted by Gasteiger charge is 2.54. The number of nitrogens with zero attached hydrogens (tertiary/aromatic N) is 4. The van der Waals surface area contributed by atoms with Gasteiger partial charge < -0.3 is 19.9 Å². The van der Waals surface area contributed by atoms with E-state index in [0.717, 1.165) is 17.5 Å². The topological polar surface area (TPSA) is 129 Å². The first-order valence-corrected chi connectivity index (χ1v) is 15.2. The number of carbonyl (C=O) groups excluding carboxylic acids is 1. The zero-order valence-corrected chi connectivity index (χ0v) is 26.6. The van der Waals surface area contributed by atoms with Gasteiger partial charge in [-0.3, -0.25) is 4.79 Å². The maximum Gasteiger partial charge on any atom is 0.252 e. The molecule has 2 N–H and O–H groups in total. The summed E-state index contributed by atoms with van der Waals surface area (Å²) in [7, 11) is 0. The van der Waals surface area contributed by atoms with Gasteiger partial charge in [0.25, 0.3) is 5.91 Å². The molecule has 44 heavy (non-hydrogen) atoms. The fraction of sp³-hybridized carbons (Fsp3) is 0.394. The van der Waals surface area contributed by atoms with Crippen molar-refractivity contribution < 1.29 is 19.4 Å². The molecule has 0 bridgehead atoms. The third-order valence-corrected chi connectivity index (χ3v) is 7.88. The molecule has 0 fully saturated rings. The number of aliphatic hydroxyl groups is 1. The van der Waals surface area contributed by atoms with Crippen molar-refractivity contribution in [2.24, 2.45) is 15.5 Å². The van der Waals surface area contributed by atoms with Gasteiger partial charge in [-0.05, 0) is 64.9 Å². The van der Waals surface area contributed by atoms with Crippen molar-refractivity contribution >= 4 is 35.0 Å². The number of azide groups is 1. The van der Waals surface area contributed by atoms with Crippen LogP contribution in [0.5, 0.6) is 5.75 Å². The Kier molecular flexibility index (Phi) is 11.2. The van der Waals surface area contributed by atoms with Crippen molar-refractivity contribution in [3.63, 3.8) is 0 Å². The van der Waals surface area contributed by atoms with E-state index >= 15 is 0 Å². The Morgan fingerprint density at radius 1 is 1.14 bits per heavy atom. The van der Waals surface area contributed by atoms with E-state index in [1.165, 1.54) is 0 Å². The zero-order chi connectivity index (χ0) is 31.7. The standard InChI is InChI=1S/C33H37Cl2N5O4/c1-32(2,3)15-16-37-31(42)33(20-23-7-4-5-8-24(23)21-38-40-36)29(27-14-11-25(34)19-28(27)35)44-30(39-33)22-9-12-26(13-10-22)43-18-6-17-41/h4-5,7-14,19,29,41H,6,15-18,20-21H2,1-3H3,(H,37,42)/t29-,33-/m1/s1. The van der Waals surface area contributed by atoms with E-state index in [-0.39, 0.29) is 36.8 Å². The molecule has 3 aromatic carbocycles. The summed E-state index contributed by atoms with van der Waals surface area (Å²) in [5, 5.41) is 16.8. The molecule has 4 rings (SSSR count). The maximum atomic E-state index is 14.4. The molecule has 2 atom stereocenters. The Balaban J connectivity index is 1.83. The fourth-order valence-corrected chi connectivity index (χ4v) is 5.47. The van der Waals surface area contributed by atoms with Crippen LogP contribution in [0.25, 0.3) is 10.4 Å². The Bertz CT molecular complexity index is 1530. The summed E-state index contributed by atoms with van der Waals surface area (Å²) in [5.41, 5.74) is 10.3. The Labute approximate surface area is 267 Å². The lowest BCUT2D eigenvalue weighted by molar-refractivity contribution is -0.129. The number of amides is 1. The normalized spacial score (nSPS) is 17.8. The molecule has 0 aliphatic carbocycles. The van der Waals surface area contributed by atoms with Crippen molar-refractivity contribution in [2.45, 2.75) is 58.2 Å². The van der Waals surface area contributed by atoms with Crippen LogP contribution in [0, 0.1) is 5.41 Å². The SMILES string of the molecule is CC(C)(C)CCNC(=O)[C@]1(Cc2ccccc2CN=[N+]=[N-])N=C(c2ccc(OCCCO)cc2)O[C@@H]1c1ccc(Cl)cc1Cl. The van der Waals surface area contributed by atoms with Crippen LogP contribution in [-0.4, -0.2) is 42.2 Å². The van der Waals surface area contributed by atoms with Crippen LogP contribution in [0.1, 0.15) is 62.0 Å². The molecular weight excluding hydrogens is 601 g/mol. The summed E-state index contributed by atoms with van der Waals surface area (Å²) in [6.07, 6.45) is 0.532. The minimum absolute atomic E-state index is 0.00281. The molecule has 3 aromatic rings. The third-order valence-electron chi connectivity index (χ3n) is 7.32. The summed E-state index contributed by atoms with van der Waals surface area (Å²) >= 11 is 13.0. The van der Waals surface area contributed by atoms with E-state index in [2.05, 4.69) is 36.1 Å². The van der Waals surface area contributed by atoms with E-state index < -0.39 is 11.6 Å². The lowest BCUT2D eigenvalue weighted by Gasteiger charge is -2.32. The highest BCUT2D eigenvalue weighted by Crippen LogP contribution is 2.45. The van der Waals surface area contributed by atoms with Gasteiger partial charge in [-0.15, -0.1) is 0 Å². The van der Waals surface area contributed by atoms with Crippen LogP contribution in [-0.2, 0) is 22.5 Å². The van der Waals surface area contributed by atoms with E-state index in [1.54, 1.807) is 30.3 Å². The molecule has 232 valence electrons.